The first-order valence-corrected chi connectivity index (χ1v) is 6.28. The Morgan fingerprint density at radius 2 is 2.00 bits per heavy atom. The van der Waals surface area contributed by atoms with Crippen molar-refractivity contribution >= 4 is 5.69 Å². The molecule has 2 rings (SSSR count). The highest BCUT2D eigenvalue weighted by atomic mass is 16.5. The Hall–Kier alpha value is -1.69. The summed E-state index contributed by atoms with van der Waals surface area (Å²) in [5, 5.41) is 9.09. The van der Waals surface area contributed by atoms with Gasteiger partial charge in [-0.2, -0.15) is 5.26 Å². The number of nitriles is 1. The average molecular weight is 244 g/mol. The second kappa shape index (κ2) is 4.20. The summed E-state index contributed by atoms with van der Waals surface area (Å²) >= 11 is 0. The highest BCUT2D eigenvalue weighted by Crippen LogP contribution is 2.38. The third-order valence-corrected chi connectivity index (χ3v) is 3.64. The van der Waals surface area contributed by atoms with Gasteiger partial charge >= 0.3 is 0 Å². The minimum atomic E-state index is -0.400. The minimum absolute atomic E-state index is 0.0673. The van der Waals surface area contributed by atoms with Gasteiger partial charge in [0.25, 0.3) is 0 Å². The van der Waals surface area contributed by atoms with Gasteiger partial charge in [0.15, 0.2) is 0 Å². The van der Waals surface area contributed by atoms with Crippen LogP contribution < -0.4 is 9.64 Å². The fourth-order valence-electron chi connectivity index (χ4n) is 2.15. The van der Waals surface area contributed by atoms with Crippen LogP contribution in [0.1, 0.15) is 33.3 Å². The molecule has 18 heavy (non-hydrogen) atoms. The van der Waals surface area contributed by atoms with E-state index in [1.54, 1.807) is 0 Å². The maximum Gasteiger partial charge on any atom is 0.204 e. The molecule has 3 heteroatoms. The lowest BCUT2D eigenvalue weighted by Gasteiger charge is -2.37. The molecule has 0 N–H and O–H groups in total. The summed E-state index contributed by atoms with van der Waals surface area (Å²) in [4.78, 5) is 2.13. The zero-order chi connectivity index (χ0) is 13.5. The average Bonchev–Trinajstić information content (AvgIpc) is 2.32. The molecule has 3 nitrogen and oxygen atoms in total. The number of benzene rings is 1. The van der Waals surface area contributed by atoms with Gasteiger partial charge in [-0.3, -0.25) is 0 Å². The largest absolute Gasteiger partial charge is 0.471 e. The summed E-state index contributed by atoms with van der Waals surface area (Å²) in [6.45, 7) is 8.60. The molecule has 0 aliphatic carbocycles. The third-order valence-electron chi connectivity index (χ3n) is 3.64. The number of anilines is 1. The van der Waals surface area contributed by atoms with Crippen molar-refractivity contribution in [2.45, 2.75) is 45.3 Å². The molecule has 1 aliphatic heterocycles. The topological polar surface area (TPSA) is 36.3 Å². The fraction of sp³-hybridized carbons (Fsp3) is 0.533. The van der Waals surface area contributed by atoms with Crippen LogP contribution in [0.4, 0.5) is 5.69 Å². The Kier molecular flexibility index (Phi) is 2.98. The van der Waals surface area contributed by atoms with Gasteiger partial charge in [-0.25, -0.2) is 0 Å². The van der Waals surface area contributed by atoms with Crippen molar-refractivity contribution in [3.63, 3.8) is 0 Å². The Morgan fingerprint density at radius 3 is 2.56 bits per heavy atom. The van der Waals surface area contributed by atoms with Gasteiger partial charge in [-0.15, -0.1) is 0 Å². The zero-order valence-corrected chi connectivity index (χ0v) is 11.7. The maximum absolute atomic E-state index is 9.09. The van der Waals surface area contributed by atoms with Gasteiger partial charge in [0, 0.05) is 7.05 Å². The van der Waals surface area contributed by atoms with E-state index >= 15 is 0 Å². The molecule has 0 amide bonds. The standard InChI is InChI=1S/C15H20N2O/c1-10-14(9-16)18-13-7-6-11(15(2,3)4)8-12(13)17(10)5/h6-8,10,14H,1-5H3. The molecular weight excluding hydrogens is 224 g/mol. The number of ether oxygens (including phenoxy) is 1. The normalized spacial score (nSPS) is 23.0. The van der Waals surface area contributed by atoms with E-state index in [1.165, 1.54) is 5.56 Å². The van der Waals surface area contributed by atoms with E-state index in [-0.39, 0.29) is 11.5 Å². The van der Waals surface area contributed by atoms with E-state index in [9.17, 15) is 0 Å². The lowest BCUT2D eigenvalue weighted by Crippen LogP contribution is -2.45. The lowest BCUT2D eigenvalue weighted by atomic mass is 9.86. The van der Waals surface area contributed by atoms with E-state index in [4.69, 9.17) is 10.00 Å². The molecule has 1 heterocycles. The molecule has 0 aromatic heterocycles. The summed E-state index contributed by atoms with van der Waals surface area (Å²) in [6.07, 6.45) is -0.400. The number of fused-ring (bicyclic) bond motifs is 1. The third kappa shape index (κ3) is 2.03. The second-order valence-corrected chi connectivity index (χ2v) is 5.95. The fourth-order valence-corrected chi connectivity index (χ4v) is 2.15. The summed E-state index contributed by atoms with van der Waals surface area (Å²) in [6, 6.07) is 8.49. The van der Waals surface area contributed by atoms with Crippen LogP contribution in [0.2, 0.25) is 0 Å². The first kappa shape index (κ1) is 12.8. The molecule has 2 atom stereocenters. The van der Waals surface area contributed by atoms with Crippen molar-refractivity contribution in [2.75, 3.05) is 11.9 Å². The molecule has 0 radical (unpaired) electrons. The number of likely N-dealkylation sites (N-methyl/N-ethyl adjacent to an activating group) is 1. The van der Waals surface area contributed by atoms with Gasteiger partial charge in [0.2, 0.25) is 6.10 Å². The molecule has 2 unspecified atom stereocenters. The van der Waals surface area contributed by atoms with Crippen LogP contribution in [0, 0.1) is 11.3 Å². The summed E-state index contributed by atoms with van der Waals surface area (Å²) in [7, 11) is 2.02. The van der Waals surface area contributed by atoms with Crippen LogP contribution in [0.15, 0.2) is 18.2 Å². The maximum atomic E-state index is 9.09. The molecule has 1 aromatic rings. The SMILES string of the molecule is CC1C(C#N)Oc2ccc(C(C)(C)C)cc2N1C. The molecule has 0 spiro atoms. The zero-order valence-electron chi connectivity index (χ0n) is 11.7. The number of hydrogen-bond acceptors (Lipinski definition) is 3. The molecule has 0 bridgehead atoms. The first-order chi connectivity index (χ1) is 8.34. The highest BCUT2D eigenvalue weighted by Gasteiger charge is 2.31. The molecular formula is C15H20N2O. The summed E-state index contributed by atoms with van der Waals surface area (Å²) in [5.41, 5.74) is 2.46. The first-order valence-electron chi connectivity index (χ1n) is 6.28. The van der Waals surface area contributed by atoms with Crippen molar-refractivity contribution < 1.29 is 4.74 Å². The van der Waals surface area contributed by atoms with E-state index in [2.05, 4.69) is 43.9 Å². The number of hydrogen-bond donors (Lipinski definition) is 0. The van der Waals surface area contributed by atoms with Crippen molar-refractivity contribution in [1.82, 2.24) is 0 Å². The highest BCUT2D eigenvalue weighted by molar-refractivity contribution is 5.63. The van der Waals surface area contributed by atoms with Gasteiger partial charge in [-0.1, -0.05) is 26.8 Å². The lowest BCUT2D eigenvalue weighted by molar-refractivity contribution is 0.211. The Labute approximate surface area is 109 Å². The quantitative estimate of drug-likeness (QED) is 0.703. The van der Waals surface area contributed by atoms with E-state index in [0.29, 0.717) is 0 Å². The van der Waals surface area contributed by atoms with Gasteiger partial charge < -0.3 is 9.64 Å². The van der Waals surface area contributed by atoms with Gasteiger partial charge in [-0.05, 0) is 30.0 Å². The molecule has 1 aromatic carbocycles. The molecule has 0 saturated heterocycles. The van der Waals surface area contributed by atoms with Crippen molar-refractivity contribution in [1.29, 1.82) is 5.26 Å². The van der Waals surface area contributed by atoms with Crippen LogP contribution in [-0.4, -0.2) is 19.2 Å². The van der Waals surface area contributed by atoms with E-state index in [0.717, 1.165) is 11.4 Å². The predicted molar refractivity (Wildman–Crippen MR) is 73.0 cm³/mol. The molecule has 0 saturated carbocycles. The summed E-state index contributed by atoms with van der Waals surface area (Å²) in [5.74, 6) is 0.801. The van der Waals surface area contributed by atoms with Crippen LogP contribution in [0.3, 0.4) is 0 Å². The Bertz CT molecular complexity index is 496. The Balaban J connectivity index is 2.46. The minimum Gasteiger partial charge on any atom is -0.471 e. The number of nitrogens with zero attached hydrogens (tertiary/aromatic N) is 2. The van der Waals surface area contributed by atoms with Crippen LogP contribution >= 0.6 is 0 Å². The molecule has 0 fully saturated rings. The summed E-state index contributed by atoms with van der Waals surface area (Å²) < 4.78 is 5.73. The van der Waals surface area contributed by atoms with Gasteiger partial charge in [0.1, 0.15) is 11.8 Å². The smallest absolute Gasteiger partial charge is 0.204 e. The van der Waals surface area contributed by atoms with E-state index in [1.807, 2.05) is 20.0 Å². The molecule has 96 valence electrons. The van der Waals surface area contributed by atoms with Crippen molar-refractivity contribution in [2.24, 2.45) is 0 Å². The van der Waals surface area contributed by atoms with E-state index < -0.39 is 6.10 Å². The number of rotatable bonds is 0. The molecule has 1 aliphatic rings. The second-order valence-electron chi connectivity index (χ2n) is 5.95. The van der Waals surface area contributed by atoms with Crippen molar-refractivity contribution in [3.05, 3.63) is 23.8 Å². The van der Waals surface area contributed by atoms with Crippen LogP contribution in [0.25, 0.3) is 0 Å². The van der Waals surface area contributed by atoms with Gasteiger partial charge in [0.05, 0.1) is 11.7 Å². The van der Waals surface area contributed by atoms with Crippen molar-refractivity contribution in [3.8, 4) is 11.8 Å². The van der Waals surface area contributed by atoms with Crippen LogP contribution in [-0.2, 0) is 5.41 Å². The Morgan fingerprint density at radius 1 is 1.33 bits per heavy atom. The monoisotopic (exact) mass is 244 g/mol. The van der Waals surface area contributed by atoms with Crippen LogP contribution in [0.5, 0.6) is 5.75 Å². The predicted octanol–water partition coefficient (Wildman–Crippen LogP) is 3.09.